The fourth-order valence-corrected chi connectivity index (χ4v) is 0.914. The van der Waals surface area contributed by atoms with Crippen molar-refractivity contribution in [2.24, 2.45) is 5.92 Å². The number of esters is 1. The summed E-state index contributed by atoms with van der Waals surface area (Å²) in [6.07, 6.45) is 1.05. The lowest BCUT2D eigenvalue weighted by Crippen LogP contribution is -2.16. The molecule has 0 saturated heterocycles. The predicted molar refractivity (Wildman–Crippen MR) is 55.9 cm³/mol. The Morgan fingerprint density at radius 3 is 2.50 bits per heavy atom. The summed E-state index contributed by atoms with van der Waals surface area (Å²) >= 11 is 0. The molecule has 0 fully saturated rings. The van der Waals surface area contributed by atoms with Gasteiger partial charge in [0.1, 0.15) is 0 Å². The Kier molecular flexibility index (Phi) is 6.21. The van der Waals surface area contributed by atoms with Crippen molar-refractivity contribution in [1.29, 1.82) is 0 Å². The van der Waals surface area contributed by atoms with Gasteiger partial charge in [0, 0.05) is 5.57 Å². The molecule has 1 atom stereocenters. The van der Waals surface area contributed by atoms with E-state index in [4.69, 9.17) is 4.74 Å². The molecule has 0 aliphatic carbocycles. The standard InChI is InChI=1S/C11H20O3/c1-8(2)10(12)6-5-7-14-11(13)9(3)4/h8,10,12H,3,5-7H2,1-2,4H3. The lowest BCUT2D eigenvalue weighted by molar-refractivity contribution is -0.139. The molecule has 3 nitrogen and oxygen atoms in total. The first-order valence-electron chi connectivity index (χ1n) is 4.95. The monoisotopic (exact) mass is 200 g/mol. The minimum atomic E-state index is -0.357. The van der Waals surface area contributed by atoms with E-state index in [1.165, 1.54) is 0 Å². The van der Waals surface area contributed by atoms with Crippen LogP contribution in [0.15, 0.2) is 12.2 Å². The number of aliphatic hydroxyl groups excluding tert-OH is 1. The number of rotatable bonds is 6. The maximum absolute atomic E-state index is 10.9. The van der Waals surface area contributed by atoms with E-state index in [0.29, 0.717) is 25.0 Å². The third kappa shape index (κ3) is 5.75. The molecule has 14 heavy (non-hydrogen) atoms. The summed E-state index contributed by atoms with van der Waals surface area (Å²) in [7, 11) is 0. The van der Waals surface area contributed by atoms with Crippen molar-refractivity contribution in [2.75, 3.05) is 6.61 Å². The second kappa shape index (κ2) is 6.60. The summed E-state index contributed by atoms with van der Waals surface area (Å²) in [6.45, 7) is 9.37. The van der Waals surface area contributed by atoms with Gasteiger partial charge in [0.25, 0.3) is 0 Å². The lowest BCUT2D eigenvalue weighted by atomic mass is 10.0. The van der Waals surface area contributed by atoms with Crippen molar-refractivity contribution in [3.63, 3.8) is 0 Å². The van der Waals surface area contributed by atoms with Crippen molar-refractivity contribution in [1.82, 2.24) is 0 Å². The molecule has 0 bridgehead atoms. The minimum Gasteiger partial charge on any atom is -0.462 e. The van der Waals surface area contributed by atoms with E-state index in [1.54, 1.807) is 6.92 Å². The van der Waals surface area contributed by atoms with Crippen LogP contribution in [0.1, 0.15) is 33.6 Å². The Morgan fingerprint density at radius 1 is 1.50 bits per heavy atom. The Balaban J connectivity index is 3.47. The second-order valence-corrected chi connectivity index (χ2v) is 3.87. The maximum Gasteiger partial charge on any atom is 0.333 e. The lowest BCUT2D eigenvalue weighted by Gasteiger charge is -2.13. The normalized spacial score (nSPS) is 12.6. The zero-order valence-electron chi connectivity index (χ0n) is 9.25. The third-order valence-corrected chi connectivity index (χ3v) is 2.00. The van der Waals surface area contributed by atoms with Gasteiger partial charge in [0.2, 0.25) is 0 Å². The smallest absolute Gasteiger partial charge is 0.333 e. The molecular formula is C11H20O3. The summed E-state index contributed by atoms with van der Waals surface area (Å²) in [5, 5.41) is 9.44. The van der Waals surface area contributed by atoms with E-state index in [2.05, 4.69) is 6.58 Å². The first kappa shape index (κ1) is 13.2. The zero-order chi connectivity index (χ0) is 11.1. The van der Waals surface area contributed by atoms with Gasteiger partial charge in [-0.3, -0.25) is 0 Å². The molecule has 0 heterocycles. The van der Waals surface area contributed by atoms with Gasteiger partial charge in [-0.1, -0.05) is 20.4 Å². The molecule has 0 aromatic carbocycles. The number of aliphatic hydroxyl groups is 1. The molecule has 1 N–H and O–H groups in total. The zero-order valence-corrected chi connectivity index (χ0v) is 9.25. The van der Waals surface area contributed by atoms with Crippen LogP contribution in [-0.4, -0.2) is 23.8 Å². The molecule has 0 amide bonds. The van der Waals surface area contributed by atoms with Gasteiger partial charge in [0.15, 0.2) is 0 Å². The van der Waals surface area contributed by atoms with Gasteiger partial charge in [-0.15, -0.1) is 0 Å². The summed E-state index contributed by atoms with van der Waals surface area (Å²) < 4.78 is 4.88. The van der Waals surface area contributed by atoms with E-state index in [-0.39, 0.29) is 18.0 Å². The largest absolute Gasteiger partial charge is 0.462 e. The number of ether oxygens (including phenoxy) is 1. The van der Waals surface area contributed by atoms with Crippen molar-refractivity contribution >= 4 is 5.97 Å². The van der Waals surface area contributed by atoms with Crippen LogP contribution in [0.5, 0.6) is 0 Å². The van der Waals surface area contributed by atoms with Crippen LogP contribution in [0.25, 0.3) is 0 Å². The Labute approximate surface area is 85.8 Å². The summed E-state index contributed by atoms with van der Waals surface area (Å²) in [6, 6.07) is 0. The highest BCUT2D eigenvalue weighted by molar-refractivity contribution is 5.86. The van der Waals surface area contributed by atoms with Crippen molar-refractivity contribution in [2.45, 2.75) is 39.7 Å². The van der Waals surface area contributed by atoms with E-state index < -0.39 is 0 Å². The SMILES string of the molecule is C=C(C)C(=O)OCCCC(O)C(C)C. The van der Waals surface area contributed by atoms with Gasteiger partial charge in [-0.05, 0) is 25.7 Å². The van der Waals surface area contributed by atoms with Crippen molar-refractivity contribution < 1.29 is 14.6 Å². The first-order chi connectivity index (χ1) is 6.45. The quantitative estimate of drug-likeness (QED) is 0.404. The number of hydrogen-bond acceptors (Lipinski definition) is 3. The van der Waals surface area contributed by atoms with Gasteiger partial charge >= 0.3 is 5.97 Å². The molecule has 0 rings (SSSR count). The Hall–Kier alpha value is -0.830. The molecule has 3 heteroatoms. The average Bonchev–Trinajstić information content (AvgIpc) is 2.11. The van der Waals surface area contributed by atoms with E-state index >= 15 is 0 Å². The highest BCUT2D eigenvalue weighted by Crippen LogP contribution is 2.08. The van der Waals surface area contributed by atoms with Crippen molar-refractivity contribution in [3.8, 4) is 0 Å². The maximum atomic E-state index is 10.9. The highest BCUT2D eigenvalue weighted by Gasteiger charge is 2.09. The molecule has 0 aromatic heterocycles. The number of hydrogen-bond donors (Lipinski definition) is 1. The van der Waals surface area contributed by atoms with Crippen molar-refractivity contribution in [3.05, 3.63) is 12.2 Å². The van der Waals surface area contributed by atoms with Crippen LogP contribution in [0.3, 0.4) is 0 Å². The molecular weight excluding hydrogens is 180 g/mol. The fourth-order valence-electron chi connectivity index (χ4n) is 0.914. The number of carbonyl (C=O) groups excluding carboxylic acids is 1. The van der Waals surface area contributed by atoms with Gasteiger partial charge < -0.3 is 9.84 Å². The molecule has 0 aromatic rings. The summed E-state index contributed by atoms with van der Waals surface area (Å²) in [5.74, 6) is -0.101. The van der Waals surface area contributed by atoms with Crippen LogP contribution < -0.4 is 0 Å². The van der Waals surface area contributed by atoms with Crippen LogP contribution in [0, 0.1) is 5.92 Å². The second-order valence-electron chi connectivity index (χ2n) is 3.87. The van der Waals surface area contributed by atoms with Gasteiger partial charge in [-0.25, -0.2) is 4.79 Å². The molecule has 0 aliphatic rings. The fraction of sp³-hybridized carbons (Fsp3) is 0.727. The molecule has 1 unspecified atom stereocenters. The highest BCUT2D eigenvalue weighted by atomic mass is 16.5. The summed E-state index contributed by atoms with van der Waals surface area (Å²) in [5.41, 5.74) is 0.411. The van der Waals surface area contributed by atoms with E-state index in [0.717, 1.165) is 0 Å². The first-order valence-corrected chi connectivity index (χ1v) is 4.95. The van der Waals surface area contributed by atoms with Crippen LogP contribution in [0.4, 0.5) is 0 Å². The molecule has 0 spiro atoms. The number of carbonyl (C=O) groups is 1. The Bertz CT molecular complexity index is 197. The molecule has 0 saturated carbocycles. The topological polar surface area (TPSA) is 46.5 Å². The molecule has 82 valence electrons. The van der Waals surface area contributed by atoms with E-state index in [9.17, 15) is 9.90 Å². The van der Waals surface area contributed by atoms with Crippen LogP contribution >= 0.6 is 0 Å². The average molecular weight is 200 g/mol. The minimum absolute atomic E-state index is 0.256. The van der Waals surface area contributed by atoms with Gasteiger partial charge in [-0.2, -0.15) is 0 Å². The molecule has 0 aliphatic heterocycles. The van der Waals surface area contributed by atoms with Crippen LogP contribution in [-0.2, 0) is 9.53 Å². The summed E-state index contributed by atoms with van der Waals surface area (Å²) in [4.78, 5) is 10.9. The molecule has 0 radical (unpaired) electrons. The van der Waals surface area contributed by atoms with Crippen LogP contribution in [0.2, 0.25) is 0 Å². The van der Waals surface area contributed by atoms with E-state index in [1.807, 2.05) is 13.8 Å². The third-order valence-electron chi connectivity index (χ3n) is 2.00. The Morgan fingerprint density at radius 2 is 2.07 bits per heavy atom. The predicted octanol–water partition coefficient (Wildman–Crippen LogP) is 1.90. The van der Waals surface area contributed by atoms with Gasteiger partial charge in [0.05, 0.1) is 12.7 Å².